The van der Waals surface area contributed by atoms with Crippen molar-refractivity contribution in [1.82, 2.24) is 5.32 Å². The first-order chi connectivity index (χ1) is 9.15. The monoisotopic (exact) mass is 267 g/mol. The Bertz CT molecular complexity index is 437. The molecule has 7 nitrogen and oxygen atoms in total. The number of methoxy groups -OCH3 is 1. The zero-order valence-corrected chi connectivity index (χ0v) is 10.6. The average molecular weight is 267 g/mol. The highest BCUT2D eigenvalue weighted by Gasteiger charge is 2.09. The van der Waals surface area contributed by atoms with Crippen molar-refractivity contribution in [2.75, 3.05) is 32.4 Å². The number of urea groups is 1. The number of nitrogens with one attached hydrogen (secondary N) is 2. The summed E-state index contributed by atoms with van der Waals surface area (Å²) >= 11 is 0. The number of nitrogens with two attached hydrogens (primary N) is 1. The molecule has 0 aliphatic rings. The van der Waals surface area contributed by atoms with Crippen molar-refractivity contribution < 1.29 is 19.1 Å². The predicted molar refractivity (Wildman–Crippen MR) is 69.8 cm³/mol. The maximum Gasteiger partial charge on any atom is 0.321 e. The third-order valence-corrected chi connectivity index (χ3v) is 2.21. The van der Waals surface area contributed by atoms with Crippen LogP contribution in [0.25, 0.3) is 0 Å². The number of primary amides is 1. The first kappa shape index (κ1) is 14.9. The Hall–Kier alpha value is -2.12. The Morgan fingerprint density at radius 3 is 2.68 bits per heavy atom. The van der Waals surface area contributed by atoms with Crippen molar-refractivity contribution in [3.05, 3.63) is 29.8 Å². The first-order valence-corrected chi connectivity index (χ1v) is 5.65. The molecule has 0 saturated carbocycles. The third-order valence-electron chi connectivity index (χ3n) is 2.21. The summed E-state index contributed by atoms with van der Waals surface area (Å²) in [7, 11) is 1.56. The minimum Gasteiger partial charge on any atom is -0.382 e. The standard InChI is InChI=1S/C12H17N3O4/c1-18-6-7-19-8-14-12(17)15-10-5-3-2-4-9(10)11(13)16/h2-5H,6-8H2,1H3,(H2,13,16)(H2,14,15,17). The van der Waals surface area contributed by atoms with E-state index in [0.29, 0.717) is 18.9 Å². The minimum absolute atomic E-state index is 0.0495. The lowest BCUT2D eigenvalue weighted by Gasteiger charge is -2.10. The molecule has 19 heavy (non-hydrogen) atoms. The van der Waals surface area contributed by atoms with Crippen LogP contribution >= 0.6 is 0 Å². The summed E-state index contributed by atoms with van der Waals surface area (Å²) < 4.78 is 9.85. The highest BCUT2D eigenvalue weighted by Crippen LogP contribution is 2.13. The van der Waals surface area contributed by atoms with Gasteiger partial charge in [0.15, 0.2) is 0 Å². The summed E-state index contributed by atoms with van der Waals surface area (Å²) in [6, 6.07) is 6.00. The number of ether oxygens (including phenoxy) is 2. The van der Waals surface area contributed by atoms with E-state index in [9.17, 15) is 9.59 Å². The fraction of sp³-hybridized carbons (Fsp3) is 0.333. The van der Waals surface area contributed by atoms with Crippen LogP contribution in [0.2, 0.25) is 0 Å². The van der Waals surface area contributed by atoms with E-state index in [1.54, 1.807) is 25.3 Å². The van der Waals surface area contributed by atoms with Crippen LogP contribution in [0, 0.1) is 0 Å². The predicted octanol–water partition coefficient (Wildman–Crippen LogP) is 0.527. The van der Waals surface area contributed by atoms with E-state index >= 15 is 0 Å². The van der Waals surface area contributed by atoms with Crippen LogP contribution in [0.1, 0.15) is 10.4 Å². The van der Waals surface area contributed by atoms with E-state index in [1.807, 2.05) is 0 Å². The van der Waals surface area contributed by atoms with Gasteiger partial charge in [0.2, 0.25) is 0 Å². The molecule has 0 aromatic heterocycles. The molecular weight excluding hydrogens is 250 g/mol. The van der Waals surface area contributed by atoms with Crippen LogP contribution in [0.4, 0.5) is 10.5 Å². The molecular formula is C12H17N3O4. The summed E-state index contributed by atoms with van der Waals surface area (Å²) in [4.78, 5) is 22.7. The van der Waals surface area contributed by atoms with Gasteiger partial charge in [-0.1, -0.05) is 12.1 Å². The first-order valence-electron chi connectivity index (χ1n) is 5.65. The van der Waals surface area contributed by atoms with Gasteiger partial charge in [-0.3, -0.25) is 4.79 Å². The Labute approximate surface area is 111 Å². The summed E-state index contributed by atoms with van der Waals surface area (Å²) in [6.45, 7) is 0.885. The third kappa shape index (κ3) is 5.36. The zero-order chi connectivity index (χ0) is 14.1. The maximum absolute atomic E-state index is 11.5. The van der Waals surface area contributed by atoms with Gasteiger partial charge in [0.05, 0.1) is 24.5 Å². The molecule has 0 aliphatic carbocycles. The largest absolute Gasteiger partial charge is 0.382 e. The van der Waals surface area contributed by atoms with Gasteiger partial charge in [-0.05, 0) is 12.1 Å². The molecule has 4 N–H and O–H groups in total. The molecule has 1 aromatic rings. The average Bonchev–Trinajstić information content (AvgIpc) is 2.39. The zero-order valence-electron chi connectivity index (χ0n) is 10.6. The van der Waals surface area contributed by atoms with Gasteiger partial charge in [-0.25, -0.2) is 4.79 Å². The summed E-state index contributed by atoms with van der Waals surface area (Å²) in [5.41, 5.74) is 5.80. The highest BCUT2D eigenvalue weighted by molar-refractivity contribution is 6.02. The second-order valence-corrected chi connectivity index (χ2v) is 3.59. The molecule has 1 rings (SSSR count). The van der Waals surface area contributed by atoms with Crippen LogP contribution in [-0.4, -0.2) is 39.0 Å². The Morgan fingerprint density at radius 1 is 1.26 bits per heavy atom. The van der Waals surface area contributed by atoms with Crippen LogP contribution in [0.15, 0.2) is 24.3 Å². The number of para-hydroxylation sites is 1. The molecule has 0 aliphatic heterocycles. The van der Waals surface area contributed by atoms with E-state index in [4.69, 9.17) is 15.2 Å². The van der Waals surface area contributed by atoms with Crippen molar-refractivity contribution in [2.24, 2.45) is 5.73 Å². The van der Waals surface area contributed by atoms with E-state index in [-0.39, 0.29) is 12.3 Å². The fourth-order valence-electron chi connectivity index (χ4n) is 1.30. The Balaban J connectivity index is 2.42. The molecule has 0 bridgehead atoms. The lowest BCUT2D eigenvalue weighted by Crippen LogP contribution is -2.32. The number of carbonyl (C=O) groups excluding carboxylic acids is 2. The number of hydrogen-bond acceptors (Lipinski definition) is 4. The lowest BCUT2D eigenvalue weighted by molar-refractivity contribution is 0.0650. The minimum atomic E-state index is -0.604. The van der Waals surface area contributed by atoms with Gasteiger partial charge in [0.1, 0.15) is 6.73 Å². The molecule has 0 spiro atoms. The van der Waals surface area contributed by atoms with E-state index in [0.717, 1.165) is 0 Å². The molecule has 0 unspecified atom stereocenters. The molecule has 7 heteroatoms. The second-order valence-electron chi connectivity index (χ2n) is 3.59. The molecule has 0 atom stereocenters. The van der Waals surface area contributed by atoms with Gasteiger partial charge in [-0.15, -0.1) is 0 Å². The van der Waals surface area contributed by atoms with Crippen molar-refractivity contribution in [3.8, 4) is 0 Å². The van der Waals surface area contributed by atoms with Crippen LogP contribution in [0.5, 0.6) is 0 Å². The maximum atomic E-state index is 11.5. The van der Waals surface area contributed by atoms with Crippen molar-refractivity contribution >= 4 is 17.6 Å². The number of carbonyl (C=O) groups is 2. The number of benzene rings is 1. The van der Waals surface area contributed by atoms with E-state index in [2.05, 4.69) is 10.6 Å². The molecule has 0 saturated heterocycles. The van der Waals surface area contributed by atoms with Gasteiger partial charge >= 0.3 is 6.03 Å². The van der Waals surface area contributed by atoms with Crippen molar-refractivity contribution in [1.29, 1.82) is 0 Å². The van der Waals surface area contributed by atoms with E-state index < -0.39 is 11.9 Å². The normalized spacial score (nSPS) is 9.95. The Morgan fingerprint density at radius 2 is 2.00 bits per heavy atom. The SMILES string of the molecule is COCCOCNC(=O)Nc1ccccc1C(N)=O. The molecule has 1 aromatic carbocycles. The highest BCUT2D eigenvalue weighted by atomic mass is 16.5. The summed E-state index contributed by atoms with van der Waals surface area (Å²) in [5, 5.41) is 5.00. The van der Waals surface area contributed by atoms with Crippen LogP contribution in [0.3, 0.4) is 0 Å². The van der Waals surface area contributed by atoms with Gasteiger partial charge < -0.3 is 25.8 Å². The van der Waals surface area contributed by atoms with E-state index in [1.165, 1.54) is 6.07 Å². The lowest BCUT2D eigenvalue weighted by atomic mass is 10.1. The topological polar surface area (TPSA) is 103 Å². The number of hydrogen-bond donors (Lipinski definition) is 3. The molecule has 0 radical (unpaired) electrons. The molecule has 104 valence electrons. The number of anilines is 1. The number of rotatable bonds is 7. The smallest absolute Gasteiger partial charge is 0.321 e. The van der Waals surface area contributed by atoms with Crippen molar-refractivity contribution in [3.63, 3.8) is 0 Å². The summed E-state index contributed by atoms with van der Waals surface area (Å²) in [5.74, 6) is -0.604. The van der Waals surface area contributed by atoms with Crippen LogP contribution in [-0.2, 0) is 9.47 Å². The van der Waals surface area contributed by atoms with Crippen LogP contribution < -0.4 is 16.4 Å². The van der Waals surface area contributed by atoms with Gasteiger partial charge in [-0.2, -0.15) is 0 Å². The number of amides is 3. The summed E-state index contributed by atoms with van der Waals surface area (Å²) in [6.07, 6.45) is 0. The Kier molecular flexibility index (Phi) is 6.34. The van der Waals surface area contributed by atoms with Crippen molar-refractivity contribution in [2.45, 2.75) is 0 Å². The van der Waals surface area contributed by atoms with Gasteiger partial charge in [0, 0.05) is 7.11 Å². The second kappa shape index (κ2) is 8.06. The molecule has 0 heterocycles. The molecule has 3 amide bonds. The fourth-order valence-corrected chi connectivity index (χ4v) is 1.30. The molecule has 0 fully saturated rings. The van der Waals surface area contributed by atoms with Gasteiger partial charge in [0.25, 0.3) is 5.91 Å². The quantitative estimate of drug-likeness (QED) is 0.495.